The normalized spacial score (nSPS) is 19.2. The lowest BCUT2D eigenvalue weighted by Crippen LogP contribution is -2.44. The number of hydrogen-bond donors (Lipinski definition) is 0. The van der Waals surface area contributed by atoms with Crippen LogP contribution in [0.5, 0.6) is 0 Å². The molecular weight excluding hydrogens is 398 g/mol. The van der Waals surface area contributed by atoms with E-state index in [1.165, 1.54) is 18.9 Å². The van der Waals surface area contributed by atoms with Gasteiger partial charge in [-0.15, -0.1) is 0 Å². The third kappa shape index (κ3) is 4.62. The van der Waals surface area contributed by atoms with Gasteiger partial charge in [-0.1, -0.05) is 18.2 Å². The maximum atomic E-state index is 12.7. The Morgan fingerprint density at radius 1 is 1.31 bits per heavy atom. The summed E-state index contributed by atoms with van der Waals surface area (Å²) in [5, 5.41) is 0.750. The molecule has 29 heavy (non-hydrogen) atoms. The van der Waals surface area contributed by atoms with Crippen molar-refractivity contribution in [3.63, 3.8) is 0 Å². The summed E-state index contributed by atoms with van der Waals surface area (Å²) in [5.41, 5.74) is 1.10. The second-order valence-corrected chi connectivity index (χ2v) is 9.33. The van der Waals surface area contributed by atoms with Crippen LogP contribution in [-0.4, -0.2) is 62.5 Å². The lowest BCUT2D eigenvalue weighted by molar-refractivity contribution is -0.140. The van der Waals surface area contributed by atoms with Gasteiger partial charge in [-0.3, -0.25) is 4.79 Å². The first-order chi connectivity index (χ1) is 13.7. The standard InChI is InChI=1S/C20H25NO7S/c1-4-26-11-16-15-7-5-6-8-17(15)28-18(16)20(23)27-13(2)19(22)21(3)14-9-10-29(24,25)12-14/h5-8,13-14H,4,9-12H2,1-3H3/t13-,14-/m0/s1. The number of fused-ring (bicyclic) bond motifs is 1. The number of carbonyl (C=O) groups is 2. The van der Waals surface area contributed by atoms with Gasteiger partial charge in [-0.25, -0.2) is 13.2 Å². The average Bonchev–Trinajstić information content (AvgIpc) is 3.25. The molecule has 0 N–H and O–H groups in total. The number of esters is 1. The third-order valence-corrected chi connectivity index (χ3v) is 6.82. The van der Waals surface area contributed by atoms with Gasteiger partial charge in [0.25, 0.3) is 5.91 Å². The predicted molar refractivity (Wildman–Crippen MR) is 106 cm³/mol. The van der Waals surface area contributed by atoms with Crippen LogP contribution in [0.3, 0.4) is 0 Å². The summed E-state index contributed by atoms with van der Waals surface area (Å²) < 4.78 is 39.8. The van der Waals surface area contributed by atoms with Crippen molar-refractivity contribution in [1.29, 1.82) is 0 Å². The van der Waals surface area contributed by atoms with Crippen molar-refractivity contribution in [3.05, 3.63) is 35.6 Å². The van der Waals surface area contributed by atoms with Crippen LogP contribution in [0, 0.1) is 0 Å². The number of ether oxygens (including phenoxy) is 2. The van der Waals surface area contributed by atoms with E-state index in [4.69, 9.17) is 13.9 Å². The number of rotatable bonds is 7. The van der Waals surface area contributed by atoms with E-state index in [1.54, 1.807) is 12.1 Å². The fourth-order valence-electron chi connectivity index (χ4n) is 3.42. The number of furan rings is 1. The summed E-state index contributed by atoms with van der Waals surface area (Å²) in [4.78, 5) is 26.7. The van der Waals surface area contributed by atoms with Gasteiger partial charge in [0.2, 0.25) is 5.76 Å². The fourth-order valence-corrected chi connectivity index (χ4v) is 5.20. The summed E-state index contributed by atoms with van der Waals surface area (Å²) in [5.74, 6) is -1.22. The van der Waals surface area contributed by atoms with E-state index in [9.17, 15) is 18.0 Å². The number of amides is 1. The molecule has 1 aliphatic rings. The molecule has 2 aromatic rings. The van der Waals surface area contributed by atoms with Crippen LogP contribution in [0.2, 0.25) is 0 Å². The Labute approximate surface area is 169 Å². The first kappa shape index (κ1) is 21.3. The lowest BCUT2D eigenvalue weighted by atomic mass is 10.1. The van der Waals surface area contributed by atoms with E-state index in [0.717, 1.165) is 5.39 Å². The van der Waals surface area contributed by atoms with Crippen LogP contribution in [0.4, 0.5) is 0 Å². The van der Waals surface area contributed by atoms with Crippen molar-refractivity contribution in [2.45, 2.75) is 39.0 Å². The van der Waals surface area contributed by atoms with Gasteiger partial charge in [-0.2, -0.15) is 0 Å². The monoisotopic (exact) mass is 423 g/mol. The Hall–Kier alpha value is -2.39. The number of nitrogens with zero attached hydrogens (tertiary/aromatic N) is 1. The topological polar surface area (TPSA) is 103 Å². The van der Waals surface area contributed by atoms with Crippen LogP contribution in [-0.2, 0) is 30.7 Å². The van der Waals surface area contributed by atoms with Crippen LogP contribution in [0.1, 0.15) is 36.4 Å². The van der Waals surface area contributed by atoms with E-state index in [0.29, 0.717) is 24.2 Å². The molecule has 0 aliphatic carbocycles. The SMILES string of the molecule is CCOCc1c(C(=O)O[C@@H](C)C(=O)N(C)[C@H]2CCS(=O)(=O)C2)oc2ccccc12. The van der Waals surface area contributed by atoms with E-state index in [-0.39, 0.29) is 23.9 Å². The van der Waals surface area contributed by atoms with E-state index in [2.05, 4.69) is 0 Å². The maximum absolute atomic E-state index is 12.7. The molecule has 0 radical (unpaired) electrons. The number of likely N-dealkylation sites (N-methyl/N-ethyl adjacent to an activating group) is 1. The van der Waals surface area contributed by atoms with Crippen molar-refractivity contribution in [3.8, 4) is 0 Å². The molecule has 1 aliphatic heterocycles. The molecule has 1 amide bonds. The smallest absolute Gasteiger partial charge is 0.375 e. The molecule has 0 bridgehead atoms. The maximum Gasteiger partial charge on any atom is 0.375 e. The van der Waals surface area contributed by atoms with Crippen molar-refractivity contribution in [1.82, 2.24) is 4.90 Å². The van der Waals surface area contributed by atoms with Gasteiger partial charge in [0.15, 0.2) is 15.9 Å². The van der Waals surface area contributed by atoms with Gasteiger partial charge in [0, 0.05) is 30.6 Å². The summed E-state index contributed by atoms with van der Waals surface area (Å²) >= 11 is 0. The van der Waals surface area contributed by atoms with Crippen molar-refractivity contribution >= 4 is 32.7 Å². The molecule has 3 rings (SSSR count). The molecule has 9 heteroatoms. The summed E-state index contributed by atoms with van der Waals surface area (Å²) in [6, 6.07) is 6.78. The molecule has 1 aromatic carbocycles. The van der Waals surface area contributed by atoms with E-state index >= 15 is 0 Å². The second-order valence-electron chi connectivity index (χ2n) is 7.10. The summed E-state index contributed by atoms with van der Waals surface area (Å²) in [6.45, 7) is 3.96. The molecule has 1 fully saturated rings. The predicted octanol–water partition coefficient (Wildman–Crippen LogP) is 2.16. The third-order valence-electron chi connectivity index (χ3n) is 5.07. The van der Waals surface area contributed by atoms with Gasteiger partial charge < -0.3 is 18.8 Å². The van der Waals surface area contributed by atoms with Gasteiger partial charge in [0.1, 0.15) is 5.58 Å². The number of sulfone groups is 1. The average molecular weight is 423 g/mol. The Morgan fingerprint density at radius 3 is 2.69 bits per heavy atom. The lowest BCUT2D eigenvalue weighted by Gasteiger charge is -2.26. The Balaban J connectivity index is 1.74. The van der Waals surface area contributed by atoms with E-state index < -0.39 is 33.9 Å². The minimum absolute atomic E-state index is 0.00500. The van der Waals surface area contributed by atoms with Crippen LogP contribution in [0.15, 0.2) is 28.7 Å². The number of hydrogen-bond acceptors (Lipinski definition) is 7. The minimum atomic E-state index is -3.13. The van der Waals surface area contributed by atoms with Crippen molar-refractivity contribution < 1.29 is 31.9 Å². The molecule has 158 valence electrons. The van der Waals surface area contributed by atoms with Gasteiger partial charge in [0.05, 0.1) is 18.1 Å². The van der Waals surface area contributed by atoms with Crippen LogP contribution < -0.4 is 0 Å². The summed E-state index contributed by atoms with van der Waals surface area (Å²) in [6.07, 6.45) is -0.697. The van der Waals surface area contributed by atoms with Crippen molar-refractivity contribution in [2.24, 2.45) is 0 Å². The molecule has 0 saturated carbocycles. The second kappa shape index (κ2) is 8.54. The Morgan fingerprint density at radius 2 is 2.03 bits per heavy atom. The van der Waals surface area contributed by atoms with Gasteiger partial charge in [-0.05, 0) is 26.3 Å². The first-order valence-electron chi connectivity index (χ1n) is 9.49. The van der Waals surface area contributed by atoms with Crippen molar-refractivity contribution in [2.75, 3.05) is 25.2 Å². The Bertz CT molecular complexity index is 1010. The fraction of sp³-hybridized carbons (Fsp3) is 0.500. The molecule has 2 heterocycles. The van der Waals surface area contributed by atoms with Gasteiger partial charge >= 0.3 is 5.97 Å². The largest absolute Gasteiger partial charge is 0.449 e. The molecule has 0 spiro atoms. The highest BCUT2D eigenvalue weighted by atomic mass is 32.2. The molecule has 1 aromatic heterocycles. The zero-order valence-corrected chi connectivity index (χ0v) is 17.5. The zero-order chi connectivity index (χ0) is 21.2. The number of para-hydroxylation sites is 1. The highest BCUT2D eigenvalue weighted by molar-refractivity contribution is 7.91. The molecule has 2 atom stereocenters. The van der Waals surface area contributed by atoms with Crippen LogP contribution >= 0.6 is 0 Å². The highest BCUT2D eigenvalue weighted by Gasteiger charge is 2.35. The molecule has 0 unspecified atom stereocenters. The highest BCUT2D eigenvalue weighted by Crippen LogP contribution is 2.28. The van der Waals surface area contributed by atoms with Crippen LogP contribution in [0.25, 0.3) is 11.0 Å². The molecule has 1 saturated heterocycles. The number of benzene rings is 1. The number of carbonyl (C=O) groups excluding carboxylic acids is 2. The quantitative estimate of drug-likeness (QED) is 0.629. The summed E-state index contributed by atoms with van der Waals surface area (Å²) in [7, 11) is -1.60. The zero-order valence-electron chi connectivity index (χ0n) is 16.7. The Kier molecular flexibility index (Phi) is 6.28. The minimum Gasteiger partial charge on any atom is -0.449 e. The molecular formula is C20H25NO7S. The molecule has 8 nitrogen and oxygen atoms in total. The van der Waals surface area contributed by atoms with E-state index in [1.807, 2.05) is 19.1 Å². The first-order valence-corrected chi connectivity index (χ1v) is 11.3.